The fourth-order valence-corrected chi connectivity index (χ4v) is 2.09. The van der Waals surface area contributed by atoms with Crippen molar-refractivity contribution < 1.29 is 13.9 Å². The minimum absolute atomic E-state index is 0.00517. The highest BCUT2D eigenvalue weighted by atomic mass is 19.1. The molecule has 1 aromatic rings. The summed E-state index contributed by atoms with van der Waals surface area (Å²) in [6, 6.07) is 5.14. The largest absolute Gasteiger partial charge is 0.485 e. The van der Waals surface area contributed by atoms with Crippen molar-refractivity contribution in [2.45, 2.75) is 44.9 Å². The van der Waals surface area contributed by atoms with Gasteiger partial charge in [-0.05, 0) is 25.0 Å². The van der Waals surface area contributed by atoms with E-state index in [4.69, 9.17) is 15.2 Å². The van der Waals surface area contributed by atoms with Gasteiger partial charge in [0.25, 0.3) is 0 Å². The van der Waals surface area contributed by atoms with Gasteiger partial charge in [-0.2, -0.15) is 0 Å². The van der Waals surface area contributed by atoms with E-state index in [2.05, 4.69) is 0 Å². The fraction of sp³-hybridized carbons (Fsp3) is 0.571. The Morgan fingerprint density at radius 1 is 1.44 bits per heavy atom. The predicted molar refractivity (Wildman–Crippen MR) is 68.2 cm³/mol. The molecule has 0 amide bonds. The average Bonchev–Trinajstić information content (AvgIpc) is 2.34. The summed E-state index contributed by atoms with van der Waals surface area (Å²) in [6.45, 7) is 4.43. The van der Waals surface area contributed by atoms with Crippen LogP contribution in [-0.2, 0) is 4.74 Å². The Hall–Kier alpha value is -1.13. The Balaban J connectivity index is 1.99. The molecule has 1 fully saturated rings. The van der Waals surface area contributed by atoms with Gasteiger partial charge in [-0.15, -0.1) is 0 Å². The van der Waals surface area contributed by atoms with Crippen LogP contribution in [0.5, 0.6) is 5.75 Å². The van der Waals surface area contributed by atoms with E-state index < -0.39 is 0 Å². The van der Waals surface area contributed by atoms with Crippen LogP contribution in [0.4, 0.5) is 4.39 Å². The summed E-state index contributed by atoms with van der Waals surface area (Å²) in [5.74, 6) is -0.00999. The van der Waals surface area contributed by atoms with Gasteiger partial charge in [-0.25, -0.2) is 4.39 Å². The van der Waals surface area contributed by atoms with Crippen molar-refractivity contribution >= 4 is 0 Å². The first-order chi connectivity index (χ1) is 8.63. The molecule has 3 nitrogen and oxygen atoms in total. The first-order valence-electron chi connectivity index (χ1n) is 6.42. The highest BCUT2D eigenvalue weighted by Gasteiger charge is 2.41. The molecule has 1 aromatic carbocycles. The number of hydrogen-bond donors (Lipinski definition) is 1. The highest BCUT2D eigenvalue weighted by Crippen LogP contribution is 2.30. The van der Waals surface area contributed by atoms with Gasteiger partial charge in [0.15, 0.2) is 11.6 Å². The average molecular weight is 253 g/mol. The molecule has 0 heterocycles. The normalized spacial score (nSPS) is 26.8. The molecule has 3 atom stereocenters. The molecule has 0 bridgehead atoms. The third-order valence-electron chi connectivity index (χ3n) is 3.24. The SMILES string of the molecule is CCCOC1C(N)CC1Oc1cccc(C)c1F. The molecule has 1 saturated carbocycles. The number of ether oxygens (including phenoxy) is 2. The van der Waals surface area contributed by atoms with Crippen LogP contribution in [0.2, 0.25) is 0 Å². The van der Waals surface area contributed by atoms with Gasteiger partial charge in [0.1, 0.15) is 12.2 Å². The van der Waals surface area contributed by atoms with Crippen molar-refractivity contribution in [2.75, 3.05) is 6.61 Å². The summed E-state index contributed by atoms with van der Waals surface area (Å²) in [5, 5.41) is 0. The minimum Gasteiger partial charge on any atom is -0.485 e. The standard InChI is InChI=1S/C14H20FNO2/c1-3-7-17-14-10(16)8-12(14)18-11-6-4-5-9(2)13(11)15/h4-6,10,12,14H,3,7-8,16H2,1-2H3. The third-order valence-corrected chi connectivity index (χ3v) is 3.24. The van der Waals surface area contributed by atoms with E-state index in [1.54, 1.807) is 25.1 Å². The zero-order valence-electron chi connectivity index (χ0n) is 10.9. The third kappa shape index (κ3) is 2.65. The minimum atomic E-state index is -0.299. The van der Waals surface area contributed by atoms with Crippen LogP contribution in [-0.4, -0.2) is 24.9 Å². The van der Waals surface area contributed by atoms with Gasteiger partial charge < -0.3 is 15.2 Å². The van der Waals surface area contributed by atoms with E-state index in [9.17, 15) is 4.39 Å². The topological polar surface area (TPSA) is 44.5 Å². The van der Waals surface area contributed by atoms with Gasteiger partial charge in [-0.3, -0.25) is 0 Å². The Morgan fingerprint density at radius 2 is 2.22 bits per heavy atom. The molecule has 1 aliphatic carbocycles. The zero-order chi connectivity index (χ0) is 13.1. The molecule has 0 saturated heterocycles. The van der Waals surface area contributed by atoms with Gasteiger partial charge >= 0.3 is 0 Å². The van der Waals surface area contributed by atoms with Crippen molar-refractivity contribution in [1.82, 2.24) is 0 Å². The van der Waals surface area contributed by atoms with Crippen LogP contribution in [0, 0.1) is 12.7 Å². The number of benzene rings is 1. The summed E-state index contributed by atoms with van der Waals surface area (Å²) in [4.78, 5) is 0. The van der Waals surface area contributed by atoms with Gasteiger partial charge in [-0.1, -0.05) is 19.1 Å². The molecule has 2 N–H and O–H groups in total. The van der Waals surface area contributed by atoms with Gasteiger partial charge in [0, 0.05) is 19.1 Å². The molecule has 3 unspecified atom stereocenters. The van der Waals surface area contributed by atoms with E-state index >= 15 is 0 Å². The second-order valence-electron chi connectivity index (χ2n) is 4.78. The lowest BCUT2D eigenvalue weighted by Gasteiger charge is -2.41. The summed E-state index contributed by atoms with van der Waals surface area (Å²) in [7, 11) is 0. The lowest BCUT2D eigenvalue weighted by atomic mass is 9.86. The van der Waals surface area contributed by atoms with Crippen molar-refractivity contribution in [3.8, 4) is 5.75 Å². The molecular weight excluding hydrogens is 233 g/mol. The number of aryl methyl sites for hydroxylation is 1. The maximum Gasteiger partial charge on any atom is 0.167 e. The van der Waals surface area contributed by atoms with Crippen LogP contribution in [0.15, 0.2) is 18.2 Å². The van der Waals surface area contributed by atoms with Gasteiger partial charge in [0.2, 0.25) is 0 Å². The number of halogens is 1. The number of nitrogens with two attached hydrogens (primary N) is 1. The second-order valence-corrected chi connectivity index (χ2v) is 4.78. The van der Waals surface area contributed by atoms with E-state index in [0.717, 1.165) is 6.42 Å². The predicted octanol–water partition coefficient (Wildman–Crippen LogP) is 2.41. The molecule has 0 radical (unpaired) electrons. The monoisotopic (exact) mass is 253 g/mol. The molecule has 2 rings (SSSR count). The van der Waals surface area contributed by atoms with Crippen molar-refractivity contribution in [2.24, 2.45) is 5.73 Å². The van der Waals surface area contributed by atoms with E-state index in [0.29, 0.717) is 18.6 Å². The molecule has 0 spiro atoms. The first-order valence-corrected chi connectivity index (χ1v) is 6.42. The quantitative estimate of drug-likeness (QED) is 0.876. The van der Waals surface area contributed by atoms with E-state index in [1.807, 2.05) is 6.92 Å². The Labute approximate surface area is 107 Å². The number of hydrogen-bond acceptors (Lipinski definition) is 3. The summed E-state index contributed by atoms with van der Waals surface area (Å²) in [6.07, 6.45) is 1.39. The molecular formula is C14H20FNO2. The van der Waals surface area contributed by atoms with Crippen LogP contribution in [0.25, 0.3) is 0 Å². The first kappa shape index (κ1) is 13.3. The molecule has 18 heavy (non-hydrogen) atoms. The zero-order valence-corrected chi connectivity index (χ0v) is 10.9. The van der Waals surface area contributed by atoms with Crippen LogP contribution in [0.1, 0.15) is 25.3 Å². The summed E-state index contributed by atoms with van der Waals surface area (Å²) < 4.78 is 25.1. The highest BCUT2D eigenvalue weighted by molar-refractivity contribution is 5.30. The molecule has 1 aliphatic rings. The van der Waals surface area contributed by atoms with E-state index in [1.165, 1.54) is 0 Å². The van der Waals surface area contributed by atoms with E-state index in [-0.39, 0.29) is 29.8 Å². The van der Waals surface area contributed by atoms with Crippen LogP contribution >= 0.6 is 0 Å². The molecule has 100 valence electrons. The smallest absolute Gasteiger partial charge is 0.167 e. The Morgan fingerprint density at radius 3 is 2.89 bits per heavy atom. The molecule has 0 aliphatic heterocycles. The lowest BCUT2D eigenvalue weighted by Crippen LogP contribution is -2.59. The number of rotatable bonds is 5. The van der Waals surface area contributed by atoms with Gasteiger partial charge in [0.05, 0.1) is 0 Å². The maximum atomic E-state index is 13.8. The second kappa shape index (κ2) is 5.67. The van der Waals surface area contributed by atoms with Crippen molar-refractivity contribution in [1.29, 1.82) is 0 Å². The van der Waals surface area contributed by atoms with Crippen molar-refractivity contribution in [3.05, 3.63) is 29.6 Å². The Bertz CT molecular complexity index is 411. The van der Waals surface area contributed by atoms with Crippen LogP contribution in [0.3, 0.4) is 0 Å². The Kier molecular flexibility index (Phi) is 4.19. The van der Waals surface area contributed by atoms with Crippen molar-refractivity contribution in [3.63, 3.8) is 0 Å². The summed E-state index contributed by atoms with van der Waals surface area (Å²) in [5.41, 5.74) is 6.46. The lowest BCUT2D eigenvalue weighted by molar-refractivity contribution is -0.0989. The fourth-order valence-electron chi connectivity index (χ4n) is 2.09. The molecule has 0 aromatic heterocycles. The molecule has 4 heteroatoms. The maximum absolute atomic E-state index is 13.8. The van der Waals surface area contributed by atoms with Crippen LogP contribution < -0.4 is 10.5 Å². The summed E-state index contributed by atoms with van der Waals surface area (Å²) >= 11 is 0.